The molecule has 1 N–H and O–H groups in total. The van der Waals surface area contributed by atoms with Crippen molar-refractivity contribution in [3.8, 4) is 0 Å². The lowest BCUT2D eigenvalue weighted by atomic mass is 9.86. The third-order valence-electron chi connectivity index (χ3n) is 6.82. The zero-order valence-electron chi connectivity index (χ0n) is 20.7. The van der Waals surface area contributed by atoms with Crippen LogP contribution in [0.25, 0.3) is 0 Å². The second-order valence-electron chi connectivity index (χ2n) is 9.17. The van der Waals surface area contributed by atoms with E-state index in [-0.39, 0.29) is 29.0 Å². The van der Waals surface area contributed by atoms with Crippen LogP contribution in [0.3, 0.4) is 0 Å². The summed E-state index contributed by atoms with van der Waals surface area (Å²) in [5.74, 6) is -0.0369. The number of carbonyl (C=O) groups excluding carboxylic acids is 1. The highest BCUT2D eigenvalue weighted by Gasteiger charge is 2.31. The molecule has 0 radical (unpaired) electrons. The van der Waals surface area contributed by atoms with E-state index in [0.717, 1.165) is 35.2 Å². The first-order valence-corrected chi connectivity index (χ1v) is 13.8. The van der Waals surface area contributed by atoms with Gasteiger partial charge in [-0.2, -0.15) is 13.2 Å². The Morgan fingerprint density at radius 1 is 1.00 bits per heavy atom. The van der Waals surface area contributed by atoms with E-state index in [4.69, 9.17) is 0 Å². The zero-order valence-corrected chi connectivity index (χ0v) is 21.5. The normalized spacial score (nSPS) is 15.8. The van der Waals surface area contributed by atoms with Crippen LogP contribution in [0.2, 0.25) is 0 Å². The number of sulfone groups is 1. The molecule has 9 heteroatoms. The first-order chi connectivity index (χ1) is 17.5. The molecule has 0 unspecified atom stereocenters. The Morgan fingerprint density at radius 2 is 1.68 bits per heavy atom. The van der Waals surface area contributed by atoms with Crippen LogP contribution in [-0.4, -0.2) is 26.6 Å². The van der Waals surface area contributed by atoms with Crippen molar-refractivity contribution < 1.29 is 26.4 Å². The predicted molar refractivity (Wildman–Crippen MR) is 137 cm³/mol. The average Bonchev–Trinajstić information content (AvgIpc) is 2.90. The highest BCUT2D eigenvalue weighted by Crippen LogP contribution is 2.35. The summed E-state index contributed by atoms with van der Waals surface area (Å²) in [6.45, 7) is 5.09. The summed E-state index contributed by atoms with van der Waals surface area (Å²) in [6.07, 6.45) is -3.52. The Labute approximate surface area is 215 Å². The van der Waals surface area contributed by atoms with Crippen LogP contribution in [-0.2, 0) is 29.1 Å². The van der Waals surface area contributed by atoms with Crippen molar-refractivity contribution in [2.24, 2.45) is 0 Å². The summed E-state index contributed by atoms with van der Waals surface area (Å²) in [7, 11) is -3.28. The Kier molecular flexibility index (Phi) is 7.64. The monoisotopic (exact) mass is 530 g/mol. The van der Waals surface area contributed by atoms with Crippen LogP contribution in [0.15, 0.2) is 71.6 Å². The fourth-order valence-electron chi connectivity index (χ4n) is 4.59. The van der Waals surface area contributed by atoms with Crippen LogP contribution < -0.4 is 10.2 Å². The molecule has 0 saturated heterocycles. The van der Waals surface area contributed by atoms with E-state index in [0.29, 0.717) is 24.3 Å². The molecule has 0 fully saturated rings. The molecule has 0 aromatic heterocycles. The average molecular weight is 531 g/mol. The van der Waals surface area contributed by atoms with Crippen LogP contribution in [0.1, 0.15) is 58.8 Å². The highest BCUT2D eigenvalue weighted by molar-refractivity contribution is 7.91. The number of halogens is 3. The van der Waals surface area contributed by atoms with Gasteiger partial charge in [-0.25, -0.2) is 8.42 Å². The van der Waals surface area contributed by atoms with Crippen LogP contribution in [0, 0.1) is 0 Å². The van der Waals surface area contributed by atoms with Gasteiger partial charge in [-0.3, -0.25) is 4.79 Å². The molecular weight excluding hydrogens is 501 g/mol. The van der Waals surface area contributed by atoms with E-state index in [2.05, 4.69) is 12.2 Å². The third kappa shape index (κ3) is 5.98. The zero-order chi connectivity index (χ0) is 26.8. The van der Waals surface area contributed by atoms with Crippen LogP contribution in [0.5, 0.6) is 0 Å². The molecule has 3 aromatic carbocycles. The van der Waals surface area contributed by atoms with E-state index in [1.54, 1.807) is 37.3 Å². The number of carbonyl (C=O) groups is 1. The van der Waals surface area contributed by atoms with Gasteiger partial charge in [0.2, 0.25) is 0 Å². The van der Waals surface area contributed by atoms with Crippen LogP contribution >= 0.6 is 0 Å². The number of anilines is 1. The van der Waals surface area contributed by atoms with Gasteiger partial charge in [0.25, 0.3) is 5.91 Å². The number of fused-ring (bicyclic) bond motifs is 1. The molecule has 1 amide bonds. The van der Waals surface area contributed by atoms with Gasteiger partial charge >= 0.3 is 6.18 Å². The first-order valence-electron chi connectivity index (χ1n) is 12.2. The number of nitrogens with one attached hydrogen (secondary N) is 1. The van der Waals surface area contributed by atoms with E-state index in [9.17, 15) is 26.4 Å². The smallest absolute Gasteiger partial charge is 0.367 e. The van der Waals surface area contributed by atoms with E-state index in [1.807, 2.05) is 17.0 Å². The lowest BCUT2D eigenvalue weighted by Crippen LogP contribution is -2.34. The second-order valence-corrected chi connectivity index (χ2v) is 11.5. The van der Waals surface area contributed by atoms with Crippen LogP contribution in [0.4, 0.5) is 18.9 Å². The van der Waals surface area contributed by atoms with Gasteiger partial charge in [0.05, 0.1) is 16.2 Å². The predicted octanol–water partition coefficient (Wildman–Crippen LogP) is 5.94. The molecule has 0 aliphatic carbocycles. The van der Waals surface area contributed by atoms with Crippen molar-refractivity contribution in [2.45, 2.75) is 50.3 Å². The number of benzene rings is 3. The molecule has 0 bridgehead atoms. The maximum Gasteiger partial charge on any atom is 0.416 e. The van der Waals surface area contributed by atoms with E-state index < -0.39 is 21.6 Å². The summed E-state index contributed by atoms with van der Waals surface area (Å²) in [4.78, 5) is 15.2. The topological polar surface area (TPSA) is 66.5 Å². The molecule has 0 spiro atoms. The van der Waals surface area contributed by atoms with Crippen molar-refractivity contribution in [2.75, 3.05) is 17.2 Å². The number of alkyl halides is 3. The van der Waals surface area contributed by atoms with Gasteiger partial charge in [-0.1, -0.05) is 32.0 Å². The lowest BCUT2D eigenvalue weighted by molar-refractivity contribution is -0.137. The fourth-order valence-corrected chi connectivity index (χ4v) is 5.47. The van der Waals surface area contributed by atoms with Gasteiger partial charge in [0.15, 0.2) is 9.84 Å². The first kappa shape index (κ1) is 26.7. The number of rotatable bonds is 7. The van der Waals surface area contributed by atoms with Crippen molar-refractivity contribution in [3.63, 3.8) is 0 Å². The minimum absolute atomic E-state index is 0.0244. The Morgan fingerprint density at radius 3 is 2.27 bits per heavy atom. The highest BCUT2D eigenvalue weighted by atomic mass is 32.2. The van der Waals surface area contributed by atoms with Crippen molar-refractivity contribution in [3.05, 3.63) is 94.5 Å². The molecule has 1 atom stereocenters. The fraction of sp³-hybridized carbons (Fsp3) is 0.321. The summed E-state index contributed by atoms with van der Waals surface area (Å²) in [6, 6.07) is 17.2. The molecule has 0 saturated carbocycles. The van der Waals surface area contributed by atoms with E-state index >= 15 is 0 Å². The van der Waals surface area contributed by atoms with Gasteiger partial charge in [-0.05, 0) is 71.6 Å². The SMILES string of the molecule is CC[C@@H]1CN(c2ccc(C(F)(F)F)cc2)Cc2cc(C(=O)NCc3ccc(S(=O)(=O)CC)cc3)ccc21. The summed E-state index contributed by atoms with van der Waals surface area (Å²) >= 11 is 0. The third-order valence-corrected chi connectivity index (χ3v) is 8.57. The summed E-state index contributed by atoms with van der Waals surface area (Å²) in [5.41, 5.74) is 3.42. The van der Waals surface area contributed by atoms with Crippen molar-refractivity contribution >= 4 is 21.4 Å². The number of amides is 1. The molecule has 1 aliphatic rings. The Balaban J connectivity index is 1.48. The molecule has 3 aromatic rings. The maximum absolute atomic E-state index is 13.0. The lowest BCUT2D eigenvalue weighted by Gasteiger charge is -2.36. The minimum atomic E-state index is -4.38. The number of hydrogen-bond acceptors (Lipinski definition) is 4. The summed E-state index contributed by atoms with van der Waals surface area (Å²) in [5, 5.41) is 2.87. The van der Waals surface area contributed by atoms with Crippen molar-refractivity contribution in [1.82, 2.24) is 5.32 Å². The molecular formula is C28H29F3N2O3S. The number of hydrogen-bond donors (Lipinski definition) is 1. The molecule has 196 valence electrons. The molecule has 37 heavy (non-hydrogen) atoms. The van der Waals surface area contributed by atoms with Gasteiger partial charge in [0, 0.05) is 36.8 Å². The molecule has 5 nitrogen and oxygen atoms in total. The Hall–Kier alpha value is -3.33. The standard InChI is InChI=1S/C28H29F3N2O3S/c1-3-20-17-33(24-10-8-23(9-11-24)28(29,30)31)18-22-15-21(7-14-26(20)22)27(34)32-16-19-5-12-25(13-6-19)37(35,36)4-2/h5-15,20H,3-4,16-18H2,1-2H3,(H,32,34)/t20-/m1/s1. The molecule has 1 aliphatic heterocycles. The van der Waals surface area contributed by atoms with Gasteiger partial charge in [-0.15, -0.1) is 0 Å². The molecule has 1 heterocycles. The largest absolute Gasteiger partial charge is 0.416 e. The minimum Gasteiger partial charge on any atom is -0.367 e. The quantitative estimate of drug-likeness (QED) is 0.411. The molecule has 4 rings (SSSR count). The second kappa shape index (κ2) is 10.6. The Bertz CT molecular complexity index is 1370. The van der Waals surface area contributed by atoms with Gasteiger partial charge in [0.1, 0.15) is 0 Å². The maximum atomic E-state index is 13.0. The summed E-state index contributed by atoms with van der Waals surface area (Å²) < 4.78 is 62.9. The van der Waals surface area contributed by atoms with Gasteiger partial charge < -0.3 is 10.2 Å². The van der Waals surface area contributed by atoms with E-state index in [1.165, 1.54) is 12.1 Å². The van der Waals surface area contributed by atoms with Crippen molar-refractivity contribution in [1.29, 1.82) is 0 Å². The number of nitrogens with zero attached hydrogens (tertiary/aromatic N) is 1.